The molecule has 0 amide bonds. The van der Waals surface area contributed by atoms with Gasteiger partial charge in [-0.3, -0.25) is 0 Å². The molecule has 2 rings (SSSR count). The van der Waals surface area contributed by atoms with E-state index in [1.807, 2.05) is 25.1 Å². The van der Waals surface area contributed by atoms with E-state index >= 15 is 0 Å². The number of hydrogen-bond donors (Lipinski definition) is 0. The fraction of sp³-hybridized carbons (Fsp3) is 0.143. The molecule has 0 bridgehead atoms. The predicted molar refractivity (Wildman–Crippen MR) is 74.9 cm³/mol. The number of rotatable bonds is 3. The van der Waals surface area contributed by atoms with Gasteiger partial charge in [0.2, 0.25) is 0 Å². The lowest BCUT2D eigenvalue weighted by molar-refractivity contribution is 0.475. The Morgan fingerprint density at radius 2 is 2.00 bits per heavy atom. The van der Waals surface area contributed by atoms with Gasteiger partial charge in [-0.2, -0.15) is 0 Å². The molecule has 2 aromatic carbocycles. The van der Waals surface area contributed by atoms with Gasteiger partial charge in [0.15, 0.2) is 0 Å². The summed E-state index contributed by atoms with van der Waals surface area (Å²) in [7, 11) is 0. The van der Waals surface area contributed by atoms with Crippen molar-refractivity contribution in [3.8, 4) is 11.5 Å². The SMILES string of the molecule is Cc1ccc(Oc2ccc(F)c(Br)c2)c(CCl)c1. The standard InChI is InChI=1S/C14H11BrClFO/c1-9-2-5-14(10(6-9)8-16)18-11-3-4-13(17)12(15)7-11/h2-7H,8H2,1H3. The Bertz CT molecular complexity index is 572. The van der Waals surface area contributed by atoms with E-state index in [9.17, 15) is 4.39 Å². The van der Waals surface area contributed by atoms with Crippen molar-refractivity contribution in [1.82, 2.24) is 0 Å². The summed E-state index contributed by atoms with van der Waals surface area (Å²) < 4.78 is 19.2. The van der Waals surface area contributed by atoms with Crippen molar-refractivity contribution in [2.24, 2.45) is 0 Å². The van der Waals surface area contributed by atoms with Gasteiger partial charge in [-0.15, -0.1) is 11.6 Å². The van der Waals surface area contributed by atoms with Gasteiger partial charge in [-0.1, -0.05) is 17.7 Å². The van der Waals surface area contributed by atoms with Crippen molar-refractivity contribution in [3.05, 3.63) is 57.8 Å². The lowest BCUT2D eigenvalue weighted by Crippen LogP contribution is -1.91. The molecular weight excluding hydrogens is 319 g/mol. The van der Waals surface area contributed by atoms with Gasteiger partial charge in [0.1, 0.15) is 17.3 Å². The van der Waals surface area contributed by atoms with Crippen molar-refractivity contribution in [2.45, 2.75) is 12.8 Å². The first-order chi connectivity index (χ1) is 8.60. The second-order valence-corrected chi connectivity index (χ2v) is 5.04. The number of halogens is 3. The molecule has 0 aliphatic rings. The highest BCUT2D eigenvalue weighted by molar-refractivity contribution is 9.10. The van der Waals surface area contributed by atoms with Gasteiger partial charge < -0.3 is 4.74 Å². The summed E-state index contributed by atoms with van der Waals surface area (Å²) in [6.07, 6.45) is 0. The van der Waals surface area contributed by atoms with E-state index in [4.69, 9.17) is 16.3 Å². The molecular formula is C14H11BrClFO. The summed E-state index contributed by atoms with van der Waals surface area (Å²) in [5.74, 6) is 1.32. The molecule has 2 aromatic rings. The number of aryl methyl sites for hydroxylation is 1. The van der Waals surface area contributed by atoms with Crippen molar-refractivity contribution in [2.75, 3.05) is 0 Å². The van der Waals surface area contributed by atoms with Crippen LogP contribution in [0.3, 0.4) is 0 Å². The summed E-state index contributed by atoms with van der Waals surface area (Å²) >= 11 is 9.00. The molecule has 94 valence electrons. The highest BCUT2D eigenvalue weighted by Gasteiger charge is 2.06. The third kappa shape index (κ3) is 3.03. The van der Waals surface area contributed by atoms with Crippen LogP contribution in [0.4, 0.5) is 4.39 Å². The number of hydrogen-bond acceptors (Lipinski definition) is 1. The third-order valence-corrected chi connectivity index (χ3v) is 3.37. The normalized spacial score (nSPS) is 10.4. The molecule has 0 spiro atoms. The first kappa shape index (κ1) is 13.4. The van der Waals surface area contributed by atoms with E-state index < -0.39 is 0 Å². The molecule has 0 atom stereocenters. The molecule has 0 aromatic heterocycles. The van der Waals surface area contributed by atoms with Crippen molar-refractivity contribution in [3.63, 3.8) is 0 Å². The summed E-state index contributed by atoms with van der Waals surface area (Å²) in [6, 6.07) is 10.3. The fourth-order valence-electron chi connectivity index (χ4n) is 1.58. The predicted octanol–water partition coefficient (Wildman–Crippen LogP) is 5.43. The van der Waals surface area contributed by atoms with Crippen LogP contribution in [0.1, 0.15) is 11.1 Å². The lowest BCUT2D eigenvalue weighted by atomic mass is 10.1. The third-order valence-electron chi connectivity index (χ3n) is 2.48. The summed E-state index contributed by atoms with van der Waals surface area (Å²) in [5, 5.41) is 0. The van der Waals surface area contributed by atoms with Crippen molar-refractivity contribution in [1.29, 1.82) is 0 Å². The maximum atomic E-state index is 13.1. The molecule has 1 nitrogen and oxygen atoms in total. The Morgan fingerprint density at radius 3 is 2.67 bits per heavy atom. The van der Waals surface area contributed by atoms with E-state index in [1.54, 1.807) is 12.1 Å². The number of benzene rings is 2. The lowest BCUT2D eigenvalue weighted by Gasteiger charge is -2.10. The first-order valence-electron chi connectivity index (χ1n) is 5.38. The molecule has 0 saturated carbocycles. The quantitative estimate of drug-likeness (QED) is 0.682. The zero-order valence-electron chi connectivity index (χ0n) is 9.71. The van der Waals surface area contributed by atoms with E-state index in [-0.39, 0.29) is 5.82 Å². The Morgan fingerprint density at radius 1 is 1.22 bits per heavy atom. The van der Waals surface area contributed by atoms with Crippen LogP contribution in [0.25, 0.3) is 0 Å². The Labute approximate surface area is 119 Å². The van der Waals surface area contributed by atoms with Gasteiger partial charge in [-0.25, -0.2) is 4.39 Å². The minimum absolute atomic E-state index is 0.316. The van der Waals surface area contributed by atoms with Gasteiger partial charge in [0.25, 0.3) is 0 Å². The van der Waals surface area contributed by atoms with Gasteiger partial charge >= 0.3 is 0 Å². The average Bonchev–Trinajstić information content (AvgIpc) is 2.36. The molecule has 0 aliphatic carbocycles. The molecule has 0 radical (unpaired) electrons. The number of alkyl halides is 1. The fourth-order valence-corrected chi connectivity index (χ4v) is 2.15. The molecule has 0 heterocycles. The first-order valence-corrected chi connectivity index (χ1v) is 6.71. The second kappa shape index (κ2) is 5.72. The summed E-state index contributed by atoms with van der Waals surface area (Å²) in [6.45, 7) is 1.99. The Kier molecular flexibility index (Phi) is 4.25. The van der Waals surface area contributed by atoms with E-state index in [0.29, 0.717) is 21.9 Å². The molecule has 18 heavy (non-hydrogen) atoms. The molecule has 0 N–H and O–H groups in total. The van der Waals surface area contributed by atoms with Gasteiger partial charge in [0, 0.05) is 5.56 Å². The molecule has 0 fully saturated rings. The van der Waals surface area contributed by atoms with E-state index in [1.165, 1.54) is 6.07 Å². The van der Waals surface area contributed by atoms with E-state index in [0.717, 1.165) is 11.1 Å². The highest BCUT2D eigenvalue weighted by atomic mass is 79.9. The minimum Gasteiger partial charge on any atom is -0.457 e. The smallest absolute Gasteiger partial charge is 0.137 e. The Balaban J connectivity index is 2.30. The summed E-state index contributed by atoms with van der Waals surface area (Å²) in [4.78, 5) is 0. The van der Waals surface area contributed by atoms with E-state index in [2.05, 4.69) is 15.9 Å². The maximum absolute atomic E-state index is 13.1. The van der Waals surface area contributed by atoms with Crippen molar-refractivity contribution >= 4 is 27.5 Å². The monoisotopic (exact) mass is 328 g/mol. The number of ether oxygens (including phenoxy) is 1. The molecule has 4 heteroatoms. The zero-order valence-corrected chi connectivity index (χ0v) is 12.1. The maximum Gasteiger partial charge on any atom is 0.137 e. The van der Waals surface area contributed by atoms with Crippen LogP contribution in [0, 0.1) is 12.7 Å². The molecule has 0 aliphatic heterocycles. The van der Waals surface area contributed by atoms with Crippen LogP contribution in [-0.4, -0.2) is 0 Å². The van der Waals surface area contributed by atoms with Crippen molar-refractivity contribution < 1.29 is 9.13 Å². The van der Waals surface area contributed by atoms with Crippen LogP contribution in [0.2, 0.25) is 0 Å². The molecule has 0 saturated heterocycles. The largest absolute Gasteiger partial charge is 0.457 e. The average molecular weight is 330 g/mol. The van der Waals surface area contributed by atoms with Crippen LogP contribution >= 0.6 is 27.5 Å². The minimum atomic E-state index is -0.316. The van der Waals surface area contributed by atoms with Crippen LogP contribution in [0.5, 0.6) is 11.5 Å². The van der Waals surface area contributed by atoms with Crippen LogP contribution in [0.15, 0.2) is 40.9 Å². The Hall–Kier alpha value is -1.06. The zero-order chi connectivity index (χ0) is 13.1. The highest BCUT2D eigenvalue weighted by Crippen LogP contribution is 2.29. The topological polar surface area (TPSA) is 9.23 Å². The van der Waals surface area contributed by atoms with Crippen LogP contribution in [-0.2, 0) is 5.88 Å². The van der Waals surface area contributed by atoms with Gasteiger partial charge in [-0.05, 0) is 47.1 Å². The molecule has 0 unspecified atom stereocenters. The summed E-state index contributed by atoms with van der Waals surface area (Å²) in [5.41, 5.74) is 2.04. The van der Waals surface area contributed by atoms with Gasteiger partial charge in [0.05, 0.1) is 10.4 Å². The van der Waals surface area contributed by atoms with Crippen LogP contribution < -0.4 is 4.74 Å². The second-order valence-electron chi connectivity index (χ2n) is 3.92.